The van der Waals surface area contributed by atoms with Crippen molar-refractivity contribution in [1.29, 1.82) is 0 Å². The fraction of sp³-hybridized carbons (Fsp3) is 0.333. The van der Waals surface area contributed by atoms with E-state index >= 15 is 0 Å². The van der Waals surface area contributed by atoms with E-state index in [9.17, 15) is 0 Å². The normalized spacial score (nSPS) is 10.7. The minimum absolute atomic E-state index is 0.851. The summed E-state index contributed by atoms with van der Waals surface area (Å²) in [5.41, 5.74) is 2.33. The molecule has 0 amide bonds. The van der Waals surface area contributed by atoms with Crippen LogP contribution in [0.2, 0.25) is 0 Å². The fourth-order valence-electron chi connectivity index (χ4n) is 1.01. The number of rotatable bonds is 6. The Morgan fingerprint density at radius 3 is 1.61 bits per heavy atom. The van der Waals surface area contributed by atoms with E-state index in [0.29, 0.717) is 0 Å². The molecular formula is C18H30. The molecule has 0 atom stereocenters. The van der Waals surface area contributed by atoms with Gasteiger partial charge in [0, 0.05) is 0 Å². The Labute approximate surface area is 115 Å². The second kappa shape index (κ2) is 20.8. The molecule has 0 aromatic carbocycles. The van der Waals surface area contributed by atoms with Gasteiger partial charge in [-0.05, 0) is 24.5 Å². The third kappa shape index (κ3) is 14.4. The lowest BCUT2D eigenvalue weighted by Crippen LogP contribution is -1.81. The van der Waals surface area contributed by atoms with Crippen LogP contribution in [-0.2, 0) is 0 Å². The summed E-state index contributed by atoms with van der Waals surface area (Å²) in [6.45, 7) is 21.2. The molecule has 0 unspecified atom stereocenters. The van der Waals surface area contributed by atoms with E-state index in [4.69, 9.17) is 0 Å². The van der Waals surface area contributed by atoms with Crippen LogP contribution in [0.3, 0.4) is 0 Å². The molecule has 0 heteroatoms. The van der Waals surface area contributed by atoms with E-state index in [-0.39, 0.29) is 0 Å². The van der Waals surface area contributed by atoms with Gasteiger partial charge in [-0.15, -0.1) is 0 Å². The van der Waals surface area contributed by atoms with Gasteiger partial charge in [0.05, 0.1) is 0 Å². The Balaban J connectivity index is -0.000000506. The third-order valence-corrected chi connectivity index (χ3v) is 1.77. The summed E-state index contributed by atoms with van der Waals surface area (Å²) in [6, 6.07) is 0. The van der Waals surface area contributed by atoms with Gasteiger partial charge in [-0.3, -0.25) is 0 Å². The highest BCUT2D eigenvalue weighted by Gasteiger charge is 1.93. The molecule has 0 aromatic rings. The molecule has 0 radical (unpaired) electrons. The molecule has 0 heterocycles. The van der Waals surface area contributed by atoms with Gasteiger partial charge in [0.2, 0.25) is 0 Å². The van der Waals surface area contributed by atoms with Crippen LogP contribution in [0.1, 0.15) is 41.0 Å². The summed E-state index contributed by atoms with van der Waals surface area (Å²) < 4.78 is 0. The van der Waals surface area contributed by atoms with Gasteiger partial charge < -0.3 is 0 Å². The molecular weight excluding hydrogens is 216 g/mol. The second-order valence-electron chi connectivity index (χ2n) is 2.83. The Kier molecular flexibility index (Phi) is 25.1. The molecule has 0 aliphatic rings. The average Bonchev–Trinajstić information content (AvgIpc) is 2.46. The SMILES string of the molecule is C=C/C=C(\C=C)C/C(C=C)=C/C=C\C.CC.CC. The highest BCUT2D eigenvalue weighted by atomic mass is 14.0. The highest BCUT2D eigenvalue weighted by molar-refractivity contribution is 5.33. The highest BCUT2D eigenvalue weighted by Crippen LogP contribution is 2.13. The van der Waals surface area contributed by atoms with Crippen molar-refractivity contribution in [3.05, 3.63) is 73.4 Å². The first-order valence-corrected chi connectivity index (χ1v) is 6.66. The van der Waals surface area contributed by atoms with Gasteiger partial charge in [0.25, 0.3) is 0 Å². The maximum atomic E-state index is 3.77. The summed E-state index contributed by atoms with van der Waals surface area (Å²) in [6.07, 6.45) is 14.3. The first-order valence-electron chi connectivity index (χ1n) is 6.66. The summed E-state index contributed by atoms with van der Waals surface area (Å²) in [7, 11) is 0. The monoisotopic (exact) mass is 246 g/mol. The second-order valence-corrected chi connectivity index (χ2v) is 2.83. The van der Waals surface area contributed by atoms with E-state index in [2.05, 4.69) is 19.7 Å². The molecule has 0 N–H and O–H groups in total. The van der Waals surface area contributed by atoms with Crippen LogP contribution >= 0.6 is 0 Å². The Hall–Kier alpha value is -1.56. The molecule has 0 fully saturated rings. The van der Waals surface area contributed by atoms with Crippen molar-refractivity contribution < 1.29 is 0 Å². The molecule has 0 saturated heterocycles. The Morgan fingerprint density at radius 1 is 0.833 bits per heavy atom. The summed E-state index contributed by atoms with van der Waals surface area (Å²) >= 11 is 0. The standard InChI is InChI=1S/C14H18.2C2H6/c1-5-9-11-14(8-4)12-13(7-3)10-6-2;2*1-2/h5-11H,2-4,12H2,1H3;2*1-2H3/b9-5-,13-10+,14-11+;;. The molecule has 0 aliphatic heterocycles. The van der Waals surface area contributed by atoms with Gasteiger partial charge in [0.1, 0.15) is 0 Å². The van der Waals surface area contributed by atoms with Crippen molar-refractivity contribution in [1.82, 2.24) is 0 Å². The van der Waals surface area contributed by atoms with Crippen molar-refractivity contribution >= 4 is 0 Å². The van der Waals surface area contributed by atoms with Crippen LogP contribution < -0.4 is 0 Å². The summed E-state index contributed by atoms with van der Waals surface area (Å²) in [5, 5.41) is 0. The quantitative estimate of drug-likeness (QED) is 0.475. The lowest BCUT2D eigenvalue weighted by atomic mass is 10.0. The molecule has 0 nitrogen and oxygen atoms in total. The van der Waals surface area contributed by atoms with Crippen LogP contribution in [-0.4, -0.2) is 0 Å². The van der Waals surface area contributed by atoms with Crippen LogP contribution in [0, 0.1) is 0 Å². The lowest BCUT2D eigenvalue weighted by molar-refractivity contribution is 1.21. The number of hydrogen-bond acceptors (Lipinski definition) is 0. The minimum atomic E-state index is 0.851. The van der Waals surface area contributed by atoms with Crippen molar-refractivity contribution in [2.45, 2.75) is 41.0 Å². The summed E-state index contributed by atoms with van der Waals surface area (Å²) in [5.74, 6) is 0. The van der Waals surface area contributed by atoms with E-state index in [1.54, 1.807) is 6.08 Å². The number of allylic oxidation sites excluding steroid dienone is 9. The van der Waals surface area contributed by atoms with Gasteiger partial charge in [0.15, 0.2) is 0 Å². The number of hydrogen-bond donors (Lipinski definition) is 0. The minimum Gasteiger partial charge on any atom is -0.0991 e. The fourth-order valence-corrected chi connectivity index (χ4v) is 1.01. The zero-order valence-corrected chi connectivity index (χ0v) is 12.9. The Morgan fingerprint density at radius 2 is 1.28 bits per heavy atom. The maximum Gasteiger partial charge on any atom is -0.00262 e. The van der Waals surface area contributed by atoms with Crippen LogP contribution in [0.5, 0.6) is 0 Å². The lowest BCUT2D eigenvalue weighted by Gasteiger charge is -2.01. The van der Waals surface area contributed by atoms with E-state index < -0.39 is 0 Å². The van der Waals surface area contributed by atoms with Crippen LogP contribution in [0.25, 0.3) is 0 Å². The van der Waals surface area contributed by atoms with Crippen molar-refractivity contribution in [3.8, 4) is 0 Å². The smallest absolute Gasteiger partial charge is 0.00262 e. The zero-order chi connectivity index (χ0) is 14.8. The average molecular weight is 246 g/mol. The first kappa shape index (κ1) is 21.7. The summed E-state index contributed by atoms with van der Waals surface area (Å²) in [4.78, 5) is 0. The third-order valence-electron chi connectivity index (χ3n) is 1.77. The maximum absolute atomic E-state index is 3.77. The Bertz CT molecular complexity index is 285. The van der Waals surface area contributed by atoms with Crippen molar-refractivity contribution in [2.75, 3.05) is 0 Å². The van der Waals surface area contributed by atoms with Crippen molar-refractivity contribution in [2.24, 2.45) is 0 Å². The molecule has 0 bridgehead atoms. The van der Waals surface area contributed by atoms with Gasteiger partial charge in [-0.25, -0.2) is 0 Å². The van der Waals surface area contributed by atoms with Gasteiger partial charge in [-0.2, -0.15) is 0 Å². The van der Waals surface area contributed by atoms with Crippen LogP contribution in [0.15, 0.2) is 73.4 Å². The predicted octanol–water partition coefficient (Wildman–Crippen LogP) is 6.42. The molecule has 0 spiro atoms. The molecule has 18 heavy (non-hydrogen) atoms. The van der Waals surface area contributed by atoms with E-state index in [1.165, 1.54) is 5.57 Å². The van der Waals surface area contributed by atoms with Crippen molar-refractivity contribution in [3.63, 3.8) is 0 Å². The molecule has 0 aliphatic carbocycles. The molecule has 0 saturated carbocycles. The van der Waals surface area contributed by atoms with E-state index in [0.717, 1.165) is 12.0 Å². The molecule has 0 aromatic heterocycles. The van der Waals surface area contributed by atoms with E-state index in [1.807, 2.05) is 71.1 Å². The molecule has 102 valence electrons. The largest absolute Gasteiger partial charge is 0.0991 e. The first-order chi connectivity index (χ1) is 8.78. The van der Waals surface area contributed by atoms with Crippen LogP contribution in [0.4, 0.5) is 0 Å². The predicted molar refractivity (Wildman–Crippen MR) is 88.9 cm³/mol. The zero-order valence-electron chi connectivity index (χ0n) is 12.9. The topological polar surface area (TPSA) is 0 Å². The van der Waals surface area contributed by atoms with Gasteiger partial charge in [-0.1, -0.05) is 90.0 Å². The molecule has 0 rings (SSSR count). The van der Waals surface area contributed by atoms with Gasteiger partial charge >= 0.3 is 0 Å².